The third-order valence-electron chi connectivity index (χ3n) is 4.11. The Morgan fingerprint density at radius 1 is 0.810 bits per heavy atom. The van der Waals surface area contributed by atoms with Crippen molar-refractivity contribution < 1.29 is 5.11 Å². The van der Waals surface area contributed by atoms with Crippen LogP contribution in [0.3, 0.4) is 0 Å². The Labute approximate surface area is 126 Å². The number of rotatable bonds is 2. The molecule has 1 atom stereocenters. The summed E-state index contributed by atoms with van der Waals surface area (Å²) < 4.78 is 0. The van der Waals surface area contributed by atoms with Gasteiger partial charge in [-0.15, -0.1) is 0 Å². The molecule has 2 aliphatic carbocycles. The summed E-state index contributed by atoms with van der Waals surface area (Å²) in [6, 6.07) is 18.4. The molecule has 106 valence electrons. The van der Waals surface area contributed by atoms with Gasteiger partial charge in [0, 0.05) is 0 Å². The van der Waals surface area contributed by atoms with Crippen LogP contribution < -0.4 is 0 Å². The number of aliphatic hydroxyl groups excluding tert-OH is 1. The van der Waals surface area contributed by atoms with Gasteiger partial charge in [0.2, 0.25) is 0 Å². The average molecular weight is 276 g/mol. The van der Waals surface area contributed by atoms with Crippen LogP contribution in [0, 0.1) is 20.8 Å². The number of hydrogen-bond acceptors (Lipinski definition) is 1. The molecule has 1 unspecified atom stereocenters. The van der Waals surface area contributed by atoms with Crippen molar-refractivity contribution in [3.05, 3.63) is 82.4 Å². The third-order valence-corrected chi connectivity index (χ3v) is 4.11. The van der Waals surface area contributed by atoms with Crippen LogP contribution >= 0.6 is 0 Å². The lowest BCUT2D eigenvalue weighted by Crippen LogP contribution is -1.99. The lowest BCUT2D eigenvalue weighted by atomic mass is 9.95. The molecule has 0 radical (unpaired) electrons. The molecule has 1 aromatic carbocycles. The van der Waals surface area contributed by atoms with Crippen LogP contribution in [0.4, 0.5) is 0 Å². The molecular weight excluding hydrogens is 256 g/mol. The van der Waals surface area contributed by atoms with Crippen LogP contribution in [0.15, 0.2) is 54.6 Å². The van der Waals surface area contributed by atoms with E-state index in [0.29, 0.717) is 0 Å². The molecule has 0 aliphatic heterocycles. The molecule has 1 heteroatoms. The fourth-order valence-corrected chi connectivity index (χ4v) is 3.18. The highest BCUT2D eigenvalue weighted by atomic mass is 16.3. The van der Waals surface area contributed by atoms with Gasteiger partial charge in [0.25, 0.3) is 0 Å². The van der Waals surface area contributed by atoms with Crippen molar-refractivity contribution in [2.24, 2.45) is 0 Å². The van der Waals surface area contributed by atoms with Gasteiger partial charge >= 0.3 is 0 Å². The summed E-state index contributed by atoms with van der Waals surface area (Å²) in [4.78, 5) is 0. The van der Waals surface area contributed by atoms with Gasteiger partial charge in [-0.2, -0.15) is 0 Å². The van der Waals surface area contributed by atoms with Crippen molar-refractivity contribution in [2.75, 3.05) is 0 Å². The molecule has 1 N–H and O–H groups in total. The van der Waals surface area contributed by atoms with Crippen molar-refractivity contribution in [3.8, 4) is 11.1 Å². The first-order valence-electron chi connectivity index (χ1n) is 7.31. The summed E-state index contributed by atoms with van der Waals surface area (Å²) >= 11 is 0. The Kier molecular flexibility index (Phi) is 3.52. The van der Waals surface area contributed by atoms with Crippen LogP contribution in [0.1, 0.15) is 33.9 Å². The lowest BCUT2D eigenvalue weighted by molar-refractivity contribution is 0.221. The maximum Gasteiger partial charge on any atom is 0.105 e. The SMILES string of the molecule is Cc1cc(C)c2ccc(C(O)c3ccccc3)c-2c(C)c1. The smallest absolute Gasteiger partial charge is 0.105 e. The zero-order valence-corrected chi connectivity index (χ0v) is 12.7. The maximum absolute atomic E-state index is 10.7. The number of hydrogen-bond donors (Lipinski definition) is 1. The Bertz CT molecular complexity index is 743. The highest BCUT2D eigenvalue weighted by Crippen LogP contribution is 2.38. The number of aryl methyl sites for hydroxylation is 3. The van der Waals surface area contributed by atoms with E-state index in [4.69, 9.17) is 0 Å². The monoisotopic (exact) mass is 276 g/mol. The molecule has 21 heavy (non-hydrogen) atoms. The third kappa shape index (κ3) is 2.45. The normalized spacial score (nSPS) is 12.6. The Hall–Kier alpha value is -2.12. The van der Waals surface area contributed by atoms with Gasteiger partial charge in [-0.3, -0.25) is 0 Å². The molecule has 0 fully saturated rings. The van der Waals surface area contributed by atoms with E-state index in [1.54, 1.807) is 0 Å². The van der Waals surface area contributed by atoms with E-state index in [0.717, 1.165) is 11.1 Å². The quantitative estimate of drug-likeness (QED) is 0.713. The molecular formula is C20H20O. The largest absolute Gasteiger partial charge is 0.384 e. The highest BCUT2D eigenvalue weighted by Gasteiger charge is 2.20. The predicted octanol–water partition coefficient (Wildman–Crippen LogP) is 4.80. The van der Waals surface area contributed by atoms with Crippen molar-refractivity contribution in [2.45, 2.75) is 26.9 Å². The number of benzene rings is 1. The first kappa shape index (κ1) is 13.8. The lowest BCUT2D eigenvalue weighted by Gasteiger charge is -2.13. The topological polar surface area (TPSA) is 20.2 Å². The number of fused-ring (bicyclic) bond motifs is 1. The van der Waals surface area contributed by atoms with Gasteiger partial charge in [-0.25, -0.2) is 0 Å². The summed E-state index contributed by atoms with van der Waals surface area (Å²) in [6.45, 7) is 6.37. The Morgan fingerprint density at radius 3 is 2.19 bits per heavy atom. The van der Waals surface area contributed by atoms with Gasteiger partial charge < -0.3 is 5.11 Å². The van der Waals surface area contributed by atoms with Crippen LogP contribution in [-0.4, -0.2) is 5.11 Å². The molecule has 0 spiro atoms. The summed E-state index contributed by atoms with van der Waals surface area (Å²) in [7, 11) is 0. The van der Waals surface area contributed by atoms with Gasteiger partial charge in [0.15, 0.2) is 0 Å². The van der Waals surface area contributed by atoms with Gasteiger partial charge in [0.05, 0.1) is 0 Å². The zero-order chi connectivity index (χ0) is 15.0. The second kappa shape index (κ2) is 5.34. The number of aliphatic hydroxyl groups is 1. The fraction of sp³-hybridized carbons (Fsp3) is 0.200. The zero-order valence-electron chi connectivity index (χ0n) is 12.7. The van der Waals surface area contributed by atoms with Crippen molar-refractivity contribution in [1.29, 1.82) is 0 Å². The van der Waals surface area contributed by atoms with E-state index >= 15 is 0 Å². The van der Waals surface area contributed by atoms with E-state index in [-0.39, 0.29) is 0 Å². The van der Waals surface area contributed by atoms with Crippen molar-refractivity contribution in [1.82, 2.24) is 0 Å². The molecule has 0 saturated heterocycles. The molecule has 3 rings (SSSR count). The molecule has 0 saturated carbocycles. The molecule has 0 aromatic heterocycles. The summed E-state index contributed by atoms with van der Waals surface area (Å²) in [5.41, 5.74) is 8.05. The summed E-state index contributed by atoms with van der Waals surface area (Å²) in [5.74, 6) is 0. The van der Waals surface area contributed by atoms with Crippen LogP contribution in [0.25, 0.3) is 11.1 Å². The molecule has 1 aromatic rings. The first-order chi connectivity index (χ1) is 10.1. The Morgan fingerprint density at radius 2 is 1.48 bits per heavy atom. The predicted molar refractivity (Wildman–Crippen MR) is 87.8 cm³/mol. The minimum Gasteiger partial charge on any atom is -0.384 e. The summed E-state index contributed by atoms with van der Waals surface area (Å²) in [6.07, 6.45) is -0.579. The van der Waals surface area contributed by atoms with Crippen LogP contribution in [-0.2, 0) is 0 Å². The van der Waals surface area contributed by atoms with E-state index in [9.17, 15) is 5.11 Å². The summed E-state index contributed by atoms with van der Waals surface area (Å²) in [5, 5.41) is 10.7. The van der Waals surface area contributed by atoms with Crippen molar-refractivity contribution in [3.63, 3.8) is 0 Å². The molecule has 0 heterocycles. The first-order valence-corrected chi connectivity index (χ1v) is 7.31. The van der Waals surface area contributed by atoms with E-state index in [2.05, 4.69) is 45.0 Å². The van der Waals surface area contributed by atoms with Gasteiger partial charge in [0.1, 0.15) is 6.10 Å². The molecule has 0 amide bonds. The van der Waals surface area contributed by atoms with Crippen LogP contribution in [0.5, 0.6) is 0 Å². The van der Waals surface area contributed by atoms with Crippen molar-refractivity contribution >= 4 is 0 Å². The molecule has 0 bridgehead atoms. The van der Waals surface area contributed by atoms with Crippen LogP contribution in [0.2, 0.25) is 0 Å². The minimum absolute atomic E-state index is 0.579. The van der Waals surface area contributed by atoms with Gasteiger partial charge in [-0.1, -0.05) is 60.2 Å². The minimum atomic E-state index is -0.579. The highest BCUT2D eigenvalue weighted by molar-refractivity contribution is 5.77. The molecule has 1 nitrogen and oxygen atoms in total. The standard InChI is InChI=1S/C20H20O/c1-13-11-14(2)17-9-10-18(19(17)15(3)12-13)20(21)16-7-5-4-6-8-16/h4-12,20-21H,1-3H3. The van der Waals surface area contributed by atoms with E-state index in [1.165, 1.54) is 27.8 Å². The average Bonchev–Trinajstić information content (AvgIpc) is 2.88. The Balaban J connectivity index is 2.19. The molecule has 2 aliphatic rings. The second-order valence-electron chi connectivity index (χ2n) is 5.79. The van der Waals surface area contributed by atoms with Gasteiger partial charge in [-0.05, 0) is 54.2 Å². The van der Waals surface area contributed by atoms with E-state index in [1.807, 2.05) is 30.3 Å². The fourth-order valence-electron chi connectivity index (χ4n) is 3.18. The van der Waals surface area contributed by atoms with E-state index < -0.39 is 6.10 Å². The second-order valence-corrected chi connectivity index (χ2v) is 5.79. The maximum atomic E-state index is 10.7.